The molecule has 0 aliphatic heterocycles. The zero-order chi connectivity index (χ0) is 20.3. The van der Waals surface area contributed by atoms with Crippen LogP contribution in [0.2, 0.25) is 0 Å². The van der Waals surface area contributed by atoms with Crippen molar-refractivity contribution in [2.45, 2.75) is 49.2 Å². The second kappa shape index (κ2) is 11.8. The Kier molecular flexibility index (Phi) is 11.1. The molecule has 0 spiro atoms. The first-order valence-corrected chi connectivity index (χ1v) is 7.98. The molecule has 0 saturated heterocycles. The lowest BCUT2D eigenvalue weighted by atomic mass is 9.77. The van der Waals surface area contributed by atoms with E-state index >= 15 is 0 Å². The predicted octanol–water partition coefficient (Wildman–Crippen LogP) is -3.36. The highest BCUT2D eigenvalue weighted by molar-refractivity contribution is 5.83. The van der Waals surface area contributed by atoms with Crippen LogP contribution in [0.3, 0.4) is 0 Å². The van der Waals surface area contributed by atoms with Crippen molar-refractivity contribution < 1.29 is 45.0 Å². The fourth-order valence-corrected chi connectivity index (χ4v) is 2.59. The predicted molar refractivity (Wildman–Crippen MR) is 88.7 cm³/mol. The van der Waals surface area contributed by atoms with Gasteiger partial charge in [0.15, 0.2) is 6.10 Å². The minimum atomic E-state index is -2.23. The maximum atomic E-state index is 12.3. The molecule has 1 amide bonds. The van der Waals surface area contributed by atoms with Crippen LogP contribution in [0.1, 0.15) is 19.3 Å². The van der Waals surface area contributed by atoms with Crippen molar-refractivity contribution in [2.75, 3.05) is 13.2 Å². The molecular formula is C16H27NO9. The number of rotatable bonds is 14. The number of nitrogens with one attached hydrogen (secondary N) is 1. The summed E-state index contributed by atoms with van der Waals surface area (Å²) in [6, 6.07) is 0. The van der Waals surface area contributed by atoms with Crippen molar-refractivity contribution in [1.29, 1.82) is 0 Å². The Balaban J connectivity index is 5.53. The lowest BCUT2D eigenvalue weighted by Gasteiger charge is -2.39. The van der Waals surface area contributed by atoms with Crippen LogP contribution in [0.4, 0.5) is 0 Å². The maximum absolute atomic E-state index is 12.3. The van der Waals surface area contributed by atoms with Crippen LogP contribution in [-0.2, 0) is 14.4 Å². The van der Waals surface area contributed by atoms with Crippen molar-refractivity contribution >= 4 is 18.5 Å². The van der Waals surface area contributed by atoms with E-state index in [0.717, 1.165) is 0 Å². The summed E-state index contributed by atoms with van der Waals surface area (Å²) >= 11 is 0. The van der Waals surface area contributed by atoms with E-state index in [1.54, 1.807) is 0 Å². The Hall–Kier alpha value is -1.69. The second-order valence-corrected chi connectivity index (χ2v) is 5.97. The highest BCUT2D eigenvalue weighted by Crippen LogP contribution is 2.28. The third-order valence-electron chi connectivity index (χ3n) is 4.24. The van der Waals surface area contributed by atoms with Gasteiger partial charge in [-0.15, -0.1) is 6.58 Å². The molecule has 0 aromatic rings. The molecule has 10 heteroatoms. The van der Waals surface area contributed by atoms with Gasteiger partial charge in [-0.2, -0.15) is 0 Å². The molecule has 0 aliphatic rings. The Bertz CT molecular complexity index is 461. The number of hydrogen-bond donors (Lipinski definition) is 7. The van der Waals surface area contributed by atoms with Crippen LogP contribution in [0, 0.1) is 5.92 Å². The molecule has 10 nitrogen and oxygen atoms in total. The summed E-state index contributed by atoms with van der Waals surface area (Å²) in [5.41, 5.74) is -1.54. The Morgan fingerprint density at radius 2 is 1.54 bits per heavy atom. The summed E-state index contributed by atoms with van der Waals surface area (Å²) in [4.78, 5) is 34.4. The molecule has 5 atom stereocenters. The number of aliphatic hydroxyl groups excluding tert-OH is 6. The molecule has 0 saturated carbocycles. The van der Waals surface area contributed by atoms with Gasteiger partial charge >= 0.3 is 0 Å². The Morgan fingerprint density at radius 1 is 1.00 bits per heavy atom. The smallest absolute Gasteiger partial charge is 0.252 e. The van der Waals surface area contributed by atoms with E-state index in [4.69, 9.17) is 5.11 Å². The second-order valence-electron chi connectivity index (χ2n) is 5.97. The summed E-state index contributed by atoms with van der Waals surface area (Å²) in [6.07, 6.45) is -6.48. The highest BCUT2D eigenvalue weighted by atomic mass is 16.4. The fraction of sp³-hybridized carbons (Fsp3) is 0.688. The monoisotopic (exact) mass is 377 g/mol. The van der Waals surface area contributed by atoms with Gasteiger partial charge in [0.2, 0.25) is 0 Å². The van der Waals surface area contributed by atoms with Gasteiger partial charge < -0.3 is 45.5 Å². The van der Waals surface area contributed by atoms with E-state index in [1.807, 2.05) is 0 Å². The van der Waals surface area contributed by atoms with Gasteiger partial charge in [-0.1, -0.05) is 6.08 Å². The largest absolute Gasteiger partial charge is 0.396 e. The van der Waals surface area contributed by atoms with E-state index in [9.17, 15) is 39.9 Å². The molecular weight excluding hydrogens is 350 g/mol. The minimum Gasteiger partial charge on any atom is -0.396 e. The van der Waals surface area contributed by atoms with Gasteiger partial charge in [0.05, 0.1) is 12.1 Å². The van der Waals surface area contributed by atoms with E-state index in [0.29, 0.717) is 12.6 Å². The molecule has 1 unspecified atom stereocenters. The first kappa shape index (κ1) is 24.3. The maximum Gasteiger partial charge on any atom is 0.252 e. The average molecular weight is 377 g/mol. The zero-order valence-electron chi connectivity index (χ0n) is 14.3. The van der Waals surface area contributed by atoms with Crippen LogP contribution in [0.15, 0.2) is 12.7 Å². The first-order chi connectivity index (χ1) is 12.2. The number of carbonyl (C=O) groups excluding carboxylic acids is 3. The van der Waals surface area contributed by atoms with Crippen LogP contribution in [0.5, 0.6) is 0 Å². The standard InChI is InChI=1S/C16H27NO9/c1-2-3-10(8-20)16(4-6-18,5-7-19)17-15(26)14(25)13(24)12(23)11(22)9-21/h2,6-7,10-14,20-25H,1,3-5,8-9H2,(H,17,26)/t10?,11-,12-,13+,14-/m1/s1. The van der Waals surface area contributed by atoms with E-state index < -0.39 is 55.0 Å². The summed E-state index contributed by atoms with van der Waals surface area (Å²) in [7, 11) is 0. The Morgan fingerprint density at radius 3 is 1.92 bits per heavy atom. The van der Waals surface area contributed by atoms with Crippen molar-refractivity contribution in [3.05, 3.63) is 12.7 Å². The normalized spacial score (nSPS) is 17.5. The minimum absolute atomic E-state index is 0.142. The highest BCUT2D eigenvalue weighted by Gasteiger charge is 2.42. The van der Waals surface area contributed by atoms with Crippen molar-refractivity contribution in [2.24, 2.45) is 5.92 Å². The average Bonchev–Trinajstić information content (AvgIpc) is 2.63. The molecule has 0 aromatic carbocycles. The quantitative estimate of drug-likeness (QED) is 0.120. The first-order valence-electron chi connectivity index (χ1n) is 7.98. The van der Waals surface area contributed by atoms with Gasteiger partial charge in [0, 0.05) is 25.4 Å². The number of aliphatic hydroxyl groups is 6. The molecule has 0 bridgehead atoms. The summed E-state index contributed by atoms with van der Waals surface area (Å²) in [5, 5.41) is 59.1. The molecule has 7 N–H and O–H groups in total. The number of aldehydes is 2. The number of amides is 1. The molecule has 0 aromatic heterocycles. The van der Waals surface area contributed by atoms with Gasteiger partial charge in [-0.05, 0) is 6.42 Å². The van der Waals surface area contributed by atoms with Gasteiger partial charge in [0.25, 0.3) is 5.91 Å². The number of allylic oxidation sites excluding steroid dienone is 1. The van der Waals surface area contributed by atoms with E-state index in [-0.39, 0.29) is 19.3 Å². The topological polar surface area (TPSA) is 185 Å². The van der Waals surface area contributed by atoms with E-state index in [1.165, 1.54) is 6.08 Å². The number of carbonyl (C=O) groups is 3. The third-order valence-corrected chi connectivity index (χ3v) is 4.24. The fourth-order valence-electron chi connectivity index (χ4n) is 2.59. The van der Waals surface area contributed by atoms with Crippen LogP contribution >= 0.6 is 0 Å². The van der Waals surface area contributed by atoms with Crippen molar-refractivity contribution in [3.8, 4) is 0 Å². The van der Waals surface area contributed by atoms with E-state index in [2.05, 4.69) is 11.9 Å². The zero-order valence-corrected chi connectivity index (χ0v) is 14.3. The van der Waals surface area contributed by atoms with Crippen molar-refractivity contribution in [1.82, 2.24) is 5.32 Å². The molecule has 0 radical (unpaired) electrons. The lowest BCUT2D eigenvalue weighted by molar-refractivity contribution is -0.151. The summed E-state index contributed by atoms with van der Waals surface area (Å²) in [5.74, 6) is -2.01. The van der Waals surface area contributed by atoms with Crippen LogP contribution in [-0.4, -0.2) is 92.3 Å². The number of hydrogen-bond acceptors (Lipinski definition) is 9. The lowest BCUT2D eigenvalue weighted by Crippen LogP contribution is -2.60. The third kappa shape index (κ3) is 6.24. The van der Waals surface area contributed by atoms with Crippen LogP contribution < -0.4 is 5.32 Å². The van der Waals surface area contributed by atoms with Gasteiger partial charge in [0.1, 0.15) is 30.9 Å². The summed E-state index contributed by atoms with van der Waals surface area (Å²) in [6.45, 7) is 2.08. The molecule has 26 heavy (non-hydrogen) atoms. The van der Waals surface area contributed by atoms with Crippen molar-refractivity contribution in [3.63, 3.8) is 0 Å². The van der Waals surface area contributed by atoms with Crippen LogP contribution in [0.25, 0.3) is 0 Å². The molecule has 150 valence electrons. The van der Waals surface area contributed by atoms with Gasteiger partial charge in [-0.3, -0.25) is 4.79 Å². The Labute approximate surface area is 150 Å². The molecule has 0 aliphatic carbocycles. The van der Waals surface area contributed by atoms with Gasteiger partial charge in [-0.25, -0.2) is 0 Å². The molecule has 0 rings (SSSR count). The SMILES string of the molecule is C=CCC(CO)C(CC=O)(CC=O)NC(=O)[C@H](O)[C@@H](O)[C@H](O)[C@H](O)CO. The summed E-state index contributed by atoms with van der Waals surface area (Å²) < 4.78 is 0. The molecule has 0 heterocycles. The molecule has 0 fully saturated rings.